The van der Waals surface area contributed by atoms with Gasteiger partial charge in [0.15, 0.2) is 0 Å². The van der Waals surface area contributed by atoms with Gasteiger partial charge in [0.1, 0.15) is 8.24 Å². The van der Waals surface area contributed by atoms with E-state index in [-0.39, 0.29) is 7.43 Å². The molecule has 162 valence electrons. The Morgan fingerprint density at radius 3 is 2.40 bits per heavy atom. The van der Waals surface area contributed by atoms with Gasteiger partial charge in [-0.25, -0.2) is 0 Å². The molecule has 1 saturated heterocycles. The molecule has 3 aliphatic rings. The van der Waals surface area contributed by atoms with E-state index in [1.165, 1.54) is 24.0 Å². The summed E-state index contributed by atoms with van der Waals surface area (Å²) in [6.07, 6.45) is 6.84. The van der Waals surface area contributed by atoms with Gasteiger partial charge in [0.05, 0.1) is 6.04 Å². The van der Waals surface area contributed by atoms with E-state index in [0.29, 0.717) is 24.2 Å². The topological polar surface area (TPSA) is 43.8 Å². The fourth-order valence-corrected chi connectivity index (χ4v) is 9.40. The standard InChI is InChI=1S/C21H30N4Si.CH3.2ClH.Ti/c1-4-16-12-19-18(17-8-6-5-7-9-17)10-11-24-20(19)21(16)26(2,3)25-14-22-13-23-15-25;;;;/h5-11,16,19-21H,4,12-15H2,1-3H3;1H3;2*1H;/q-2;-1;;;+6/p-2. The number of dihydropyridines is 1. The molecule has 0 amide bonds. The maximum atomic E-state index is 5.05. The second-order valence-electron chi connectivity index (χ2n) is 8.45. The zero-order valence-electron chi connectivity index (χ0n) is 18.4. The van der Waals surface area contributed by atoms with Crippen LogP contribution >= 0.6 is 18.6 Å². The first-order chi connectivity index (χ1) is 14.0. The molecule has 4 unspecified atom stereocenters. The van der Waals surface area contributed by atoms with E-state index in [2.05, 4.69) is 77.8 Å². The molecule has 0 radical (unpaired) electrons. The number of nitrogens with zero attached hydrogens (tertiary/aromatic N) is 4. The van der Waals surface area contributed by atoms with Gasteiger partial charge in [0.2, 0.25) is 0 Å². The second kappa shape index (κ2) is 12.3. The van der Waals surface area contributed by atoms with Crippen LogP contribution < -0.4 is 0 Å². The van der Waals surface area contributed by atoms with Gasteiger partial charge in [-0.15, -0.1) is 13.3 Å². The molecule has 2 heterocycles. The third-order valence-corrected chi connectivity index (χ3v) is 11.1. The average Bonchev–Trinajstić information content (AvgIpc) is 3.15. The molecule has 0 bridgehead atoms. The van der Waals surface area contributed by atoms with Gasteiger partial charge < -0.3 is 22.6 Å². The monoisotopic (exact) mass is 499 g/mol. The third kappa shape index (κ3) is 5.68. The second-order valence-corrected chi connectivity index (χ2v) is 15.6. The average molecular weight is 500 g/mol. The van der Waals surface area contributed by atoms with E-state index in [9.17, 15) is 0 Å². The van der Waals surface area contributed by atoms with Crippen molar-refractivity contribution in [3.8, 4) is 0 Å². The molecule has 1 aromatic carbocycles. The van der Waals surface area contributed by atoms with Crippen LogP contribution in [0.1, 0.15) is 25.3 Å². The number of fused-ring (bicyclic) bond motifs is 1. The molecule has 2 aliphatic heterocycles. The molecule has 4 atom stereocenters. The first-order valence-corrected chi connectivity index (χ1v) is 17.6. The summed E-state index contributed by atoms with van der Waals surface area (Å²) < 4.78 is 2.59. The van der Waals surface area contributed by atoms with Crippen molar-refractivity contribution in [3.05, 3.63) is 60.0 Å². The van der Waals surface area contributed by atoms with Crippen LogP contribution in [0.15, 0.2) is 41.4 Å². The van der Waals surface area contributed by atoms with Gasteiger partial charge in [-0.3, -0.25) is 11.7 Å². The first-order valence-electron chi connectivity index (χ1n) is 10.3. The Kier molecular flexibility index (Phi) is 10.8. The van der Waals surface area contributed by atoms with Gasteiger partial charge in [-0.05, 0) is 35.1 Å². The summed E-state index contributed by atoms with van der Waals surface area (Å²) in [4.78, 5) is 5.05. The van der Waals surface area contributed by atoms with Crippen LogP contribution in [0.25, 0.3) is 16.2 Å². The Morgan fingerprint density at radius 2 is 1.80 bits per heavy atom. The predicted octanol–water partition coefficient (Wildman–Crippen LogP) is 6.91. The molecule has 4 nitrogen and oxygen atoms in total. The van der Waals surface area contributed by atoms with E-state index in [1.807, 2.05) is 0 Å². The van der Waals surface area contributed by atoms with Crippen LogP contribution in [0.5, 0.6) is 0 Å². The summed E-state index contributed by atoms with van der Waals surface area (Å²) in [5, 5.41) is 9.12. The van der Waals surface area contributed by atoms with Crippen LogP contribution in [-0.4, -0.2) is 45.1 Å². The van der Waals surface area contributed by atoms with E-state index < -0.39 is 25.3 Å². The fourth-order valence-electron chi connectivity index (χ4n) is 5.37. The van der Waals surface area contributed by atoms with Crippen molar-refractivity contribution >= 4 is 38.6 Å². The van der Waals surface area contributed by atoms with E-state index >= 15 is 0 Å². The molecule has 4 rings (SSSR count). The number of benzene rings is 1. The van der Waals surface area contributed by atoms with Gasteiger partial charge in [0, 0.05) is 12.1 Å². The molecule has 0 N–H and O–H groups in total. The fraction of sp³-hybridized carbons (Fsp3) is 0.545. The molecule has 1 aliphatic carbocycles. The summed E-state index contributed by atoms with van der Waals surface area (Å²) in [5.74, 6) is 1.30. The van der Waals surface area contributed by atoms with Crippen molar-refractivity contribution in [1.29, 1.82) is 0 Å². The zero-order valence-corrected chi connectivity index (χ0v) is 22.5. The van der Waals surface area contributed by atoms with Crippen LogP contribution in [0.2, 0.25) is 18.6 Å². The van der Waals surface area contributed by atoms with Crippen LogP contribution in [0, 0.1) is 19.3 Å². The molecule has 8 heteroatoms. The number of aliphatic imine (C=N–C) groups is 1. The molecule has 30 heavy (non-hydrogen) atoms. The van der Waals surface area contributed by atoms with Crippen molar-refractivity contribution in [3.63, 3.8) is 0 Å². The first kappa shape index (κ1) is 26.3. The molecular weight excluding hydrogens is 467 g/mol. The Hall–Kier alpha value is 0.0212. The van der Waals surface area contributed by atoms with Crippen molar-refractivity contribution in [2.75, 3.05) is 20.0 Å². The van der Waals surface area contributed by atoms with Crippen molar-refractivity contribution < 1.29 is 17.0 Å². The number of hydrogen-bond acceptors (Lipinski definition) is 2. The molecule has 2 fully saturated rings. The minimum atomic E-state index is -1.69. The number of halogens is 2. The Balaban J connectivity index is 0.000000757. The summed E-state index contributed by atoms with van der Waals surface area (Å²) in [7, 11) is 8.09. The molecule has 1 saturated carbocycles. The van der Waals surface area contributed by atoms with Gasteiger partial charge >= 0.3 is 35.6 Å². The third-order valence-electron chi connectivity index (χ3n) is 6.76. The summed E-state index contributed by atoms with van der Waals surface area (Å²) in [6, 6.07) is 11.3. The quantitative estimate of drug-likeness (QED) is 0.327. The number of rotatable bonds is 4. The minimum absolute atomic E-state index is 0. The van der Waals surface area contributed by atoms with E-state index in [0.717, 1.165) is 19.3 Å². The summed E-state index contributed by atoms with van der Waals surface area (Å²) >= 11 is -0.556. The van der Waals surface area contributed by atoms with Crippen molar-refractivity contribution in [2.24, 2.45) is 16.8 Å². The SMILES string of the molecule is CCC1CC2C(c3ccccc3)=CC=NC2C1[Si](C)(C)N1C[N-]C[N-]C1.[CH3-].[Cl][Ti+4][Cl]. The maximum absolute atomic E-state index is 5.05. The van der Waals surface area contributed by atoms with Crippen LogP contribution in [0.4, 0.5) is 0 Å². The Bertz CT molecular complexity index is 710. The van der Waals surface area contributed by atoms with Crippen molar-refractivity contribution in [2.45, 2.75) is 44.4 Å². The molecule has 0 spiro atoms. The summed E-state index contributed by atoms with van der Waals surface area (Å²) in [6.45, 7) is 9.80. The summed E-state index contributed by atoms with van der Waals surface area (Å²) in [5.41, 5.74) is 3.53. The Morgan fingerprint density at radius 1 is 1.17 bits per heavy atom. The van der Waals surface area contributed by atoms with Gasteiger partial charge in [-0.1, -0.05) is 56.8 Å². The van der Waals surface area contributed by atoms with Crippen LogP contribution in [-0.2, 0) is 17.0 Å². The number of hydrogen-bond donors (Lipinski definition) is 0. The van der Waals surface area contributed by atoms with Gasteiger partial charge in [-0.2, -0.15) is 0 Å². The molecular formula is C22H33Cl2N4SiTi+. The van der Waals surface area contributed by atoms with E-state index in [1.54, 1.807) is 0 Å². The van der Waals surface area contributed by atoms with E-state index in [4.69, 9.17) is 23.6 Å². The predicted molar refractivity (Wildman–Crippen MR) is 131 cm³/mol. The Labute approximate surface area is 200 Å². The number of allylic oxidation sites excluding steroid dienone is 1. The normalized spacial score (nSPS) is 28.8. The zero-order chi connectivity index (χ0) is 20.9. The van der Waals surface area contributed by atoms with Crippen molar-refractivity contribution in [1.82, 2.24) is 4.57 Å². The molecule has 0 aromatic heterocycles. The molecule has 1 aromatic rings. The van der Waals surface area contributed by atoms with Crippen LogP contribution in [0.3, 0.4) is 0 Å². The van der Waals surface area contributed by atoms with Gasteiger partial charge in [0.25, 0.3) is 0 Å².